The molecule has 1 aromatic rings. The van der Waals surface area contributed by atoms with Crippen LogP contribution in [0.1, 0.15) is 17.3 Å². The van der Waals surface area contributed by atoms with Gasteiger partial charge in [0.1, 0.15) is 0 Å². The first kappa shape index (κ1) is 7.78. The smallest absolute Gasteiger partial charge is 0.256 e. The molecule has 1 heterocycles. The molecule has 0 saturated carbocycles. The zero-order chi connectivity index (χ0) is 8.27. The van der Waals surface area contributed by atoms with Gasteiger partial charge in [-0.2, -0.15) is 5.10 Å². The summed E-state index contributed by atoms with van der Waals surface area (Å²) in [6.07, 6.45) is 3.11. The van der Waals surface area contributed by atoms with Gasteiger partial charge in [-0.15, -0.1) is 0 Å². The van der Waals surface area contributed by atoms with Gasteiger partial charge in [0.05, 0.1) is 11.8 Å². The number of rotatable bonds is 2. The van der Waals surface area contributed by atoms with Crippen molar-refractivity contribution in [3.8, 4) is 0 Å². The average Bonchev–Trinajstić information content (AvgIpc) is 2.53. The van der Waals surface area contributed by atoms with E-state index in [0.717, 1.165) is 0 Å². The van der Waals surface area contributed by atoms with E-state index in [1.54, 1.807) is 18.1 Å². The summed E-state index contributed by atoms with van der Waals surface area (Å²) in [7, 11) is 1.76. The summed E-state index contributed by atoms with van der Waals surface area (Å²) in [5.41, 5.74) is 0.606. The maximum atomic E-state index is 11.3. The number of aromatic nitrogens is 2. The Labute approximate surface area is 65.2 Å². The van der Waals surface area contributed by atoms with E-state index >= 15 is 0 Å². The molecule has 0 bridgehead atoms. The normalized spacial score (nSPS) is 9.64. The minimum atomic E-state index is 0.00116. The summed E-state index contributed by atoms with van der Waals surface area (Å²) in [5.74, 6) is 0.00116. The fraction of sp³-hybridized carbons (Fsp3) is 0.429. The first-order valence-corrected chi connectivity index (χ1v) is 3.50. The molecular formula is C7H11N3O. The number of carbonyl (C=O) groups is 1. The maximum Gasteiger partial charge on any atom is 0.256 e. The third-order valence-electron chi connectivity index (χ3n) is 1.57. The molecule has 4 nitrogen and oxygen atoms in total. The molecule has 0 aliphatic rings. The van der Waals surface area contributed by atoms with Crippen LogP contribution in [0.25, 0.3) is 0 Å². The largest absolute Gasteiger partial charge is 0.342 e. The number of amides is 1. The monoisotopic (exact) mass is 153 g/mol. The number of hydrogen-bond acceptors (Lipinski definition) is 2. The van der Waals surface area contributed by atoms with Crippen LogP contribution < -0.4 is 0 Å². The fourth-order valence-corrected chi connectivity index (χ4v) is 0.732. The second-order valence-corrected chi connectivity index (χ2v) is 2.31. The van der Waals surface area contributed by atoms with Crippen LogP contribution in [0, 0.1) is 0 Å². The molecule has 0 unspecified atom stereocenters. The van der Waals surface area contributed by atoms with Gasteiger partial charge in [0.25, 0.3) is 5.91 Å². The molecule has 1 aromatic heterocycles. The van der Waals surface area contributed by atoms with Gasteiger partial charge < -0.3 is 4.90 Å². The fourth-order valence-electron chi connectivity index (χ4n) is 0.732. The molecule has 0 saturated heterocycles. The zero-order valence-corrected chi connectivity index (χ0v) is 6.66. The lowest BCUT2D eigenvalue weighted by atomic mass is 10.3. The molecule has 60 valence electrons. The molecule has 0 fully saturated rings. The third-order valence-corrected chi connectivity index (χ3v) is 1.57. The molecule has 4 heteroatoms. The topological polar surface area (TPSA) is 49.0 Å². The van der Waals surface area contributed by atoms with Crippen LogP contribution in [-0.4, -0.2) is 34.6 Å². The lowest BCUT2D eigenvalue weighted by Gasteiger charge is -2.11. The van der Waals surface area contributed by atoms with Crippen molar-refractivity contribution in [3.63, 3.8) is 0 Å². The molecule has 1 amide bonds. The summed E-state index contributed by atoms with van der Waals surface area (Å²) in [4.78, 5) is 12.9. The predicted molar refractivity (Wildman–Crippen MR) is 41.2 cm³/mol. The van der Waals surface area contributed by atoms with Gasteiger partial charge in [0.15, 0.2) is 0 Å². The van der Waals surface area contributed by atoms with E-state index in [2.05, 4.69) is 10.2 Å². The number of H-pyrrole nitrogens is 1. The van der Waals surface area contributed by atoms with Gasteiger partial charge in [-0.25, -0.2) is 0 Å². The van der Waals surface area contributed by atoms with Crippen LogP contribution in [0.15, 0.2) is 12.4 Å². The van der Waals surface area contributed by atoms with Gasteiger partial charge in [0.2, 0.25) is 0 Å². The standard InChI is InChI=1S/C7H11N3O/c1-3-10(2)7(11)6-4-8-9-5-6/h4-5H,3H2,1-2H3,(H,8,9). The first-order chi connectivity index (χ1) is 5.25. The van der Waals surface area contributed by atoms with E-state index in [0.29, 0.717) is 12.1 Å². The summed E-state index contributed by atoms with van der Waals surface area (Å²) < 4.78 is 0. The summed E-state index contributed by atoms with van der Waals surface area (Å²) in [6, 6.07) is 0. The summed E-state index contributed by atoms with van der Waals surface area (Å²) >= 11 is 0. The van der Waals surface area contributed by atoms with E-state index in [9.17, 15) is 4.79 Å². The Morgan fingerprint density at radius 3 is 3.00 bits per heavy atom. The predicted octanol–water partition coefficient (Wildman–Crippen LogP) is 0.502. The average molecular weight is 153 g/mol. The lowest BCUT2D eigenvalue weighted by molar-refractivity contribution is 0.0802. The van der Waals surface area contributed by atoms with Crippen molar-refractivity contribution in [2.45, 2.75) is 6.92 Å². The molecule has 1 N–H and O–H groups in total. The SMILES string of the molecule is CCN(C)C(=O)c1cn[nH]c1. The quantitative estimate of drug-likeness (QED) is 0.672. The lowest BCUT2D eigenvalue weighted by Crippen LogP contribution is -2.25. The highest BCUT2D eigenvalue weighted by molar-refractivity contribution is 5.93. The van der Waals surface area contributed by atoms with Crippen molar-refractivity contribution in [2.24, 2.45) is 0 Å². The summed E-state index contributed by atoms with van der Waals surface area (Å²) in [5, 5.41) is 6.28. The molecule has 1 rings (SSSR count). The number of hydrogen-bond donors (Lipinski definition) is 1. The van der Waals surface area contributed by atoms with E-state index in [4.69, 9.17) is 0 Å². The zero-order valence-electron chi connectivity index (χ0n) is 6.66. The highest BCUT2D eigenvalue weighted by atomic mass is 16.2. The van der Waals surface area contributed by atoms with Crippen LogP contribution in [0.3, 0.4) is 0 Å². The van der Waals surface area contributed by atoms with E-state index in [1.807, 2.05) is 6.92 Å². The van der Waals surface area contributed by atoms with Gasteiger partial charge >= 0.3 is 0 Å². The van der Waals surface area contributed by atoms with Gasteiger partial charge in [-0.3, -0.25) is 9.89 Å². The Balaban J connectivity index is 2.70. The van der Waals surface area contributed by atoms with Gasteiger partial charge in [0, 0.05) is 19.8 Å². The molecule has 0 aliphatic heterocycles. The van der Waals surface area contributed by atoms with Crippen LogP contribution in [0.2, 0.25) is 0 Å². The Morgan fingerprint density at radius 1 is 1.82 bits per heavy atom. The number of nitrogens with zero attached hydrogens (tertiary/aromatic N) is 2. The number of nitrogens with one attached hydrogen (secondary N) is 1. The first-order valence-electron chi connectivity index (χ1n) is 3.50. The molecule has 11 heavy (non-hydrogen) atoms. The third kappa shape index (κ3) is 1.58. The Hall–Kier alpha value is -1.32. The van der Waals surface area contributed by atoms with E-state index < -0.39 is 0 Å². The highest BCUT2D eigenvalue weighted by Crippen LogP contribution is 1.98. The van der Waals surface area contributed by atoms with Gasteiger partial charge in [-0.1, -0.05) is 0 Å². The Kier molecular flexibility index (Phi) is 2.25. The van der Waals surface area contributed by atoms with Crippen molar-refractivity contribution in [3.05, 3.63) is 18.0 Å². The van der Waals surface area contributed by atoms with Crippen LogP contribution in [-0.2, 0) is 0 Å². The van der Waals surface area contributed by atoms with Crippen molar-refractivity contribution in [1.82, 2.24) is 15.1 Å². The maximum absolute atomic E-state index is 11.3. The Morgan fingerprint density at radius 2 is 2.55 bits per heavy atom. The van der Waals surface area contributed by atoms with Crippen LogP contribution in [0.5, 0.6) is 0 Å². The molecule has 0 aromatic carbocycles. The second-order valence-electron chi connectivity index (χ2n) is 2.31. The van der Waals surface area contributed by atoms with Crippen LogP contribution >= 0.6 is 0 Å². The van der Waals surface area contributed by atoms with Crippen molar-refractivity contribution in [1.29, 1.82) is 0 Å². The number of carbonyl (C=O) groups excluding carboxylic acids is 1. The Bertz CT molecular complexity index is 230. The van der Waals surface area contributed by atoms with Crippen molar-refractivity contribution in [2.75, 3.05) is 13.6 Å². The van der Waals surface area contributed by atoms with Crippen LogP contribution in [0.4, 0.5) is 0 Å². The molecule has 0 radical (unpaired) electrons. The van der Waals surface area contributed by atoms with Gasteiger partial charge in [-0.05, 0) is 6.92 Å². The molecule has 0 spiro atoms. The minimum Gasteiger partial charge on any atom is -0.342 e. The van der Waals surface area contributed by atoms with Crippen molar-refractivity contribution >= 4 is 5.91 Å². The number of aromatic amines is 1. The van der Waals surface area contributed by atoms with Crippen molar-refractivity contribution < 1.29 is 4.79 Å². The second kappa shape index (κ2) is 3.18. The molecule has 0 atom stereocenters. The molecule has 0 aliphatic carbocycles. The van der Waals surface area contributed by atoms with E-state index in [1.165, 1.54) is 6.20 Å². The highest BCUT2D eigenvalue weighted by Gasteiger charge is 2.09. The summed E-state index contributed by atoms with van der Waals surface area (Å²) in [6.45, 7) is 2.64. The van der Waals surface area contributed by atoms with E-state index in [-0.39, 0.29) is 5.91 Å². The molecular weight excluding hydrogens is 142 g/mol. The minimum absolute atomic E-state index is 0.00116.